The van der Waals surface area contributed by atoms with Crippen molar-refractivity contribution >= 4 is 17.0 Å². The first kappa shape index (κ1) is 22.4. The molecule has 0 spiro atoms. The number of aliphatic hydroxyl groups is 1. The number of benzene rings is 1. The number of nitrogens with zero attached hydrogens (tertiary/aromatic N) is 3. The van der Waals surface area contributed by atoms with Crippen LogP contribution in [0.3, 0.4) is 0 Å². The predicted octanol–water partition coefficient (Wildman–Crippen LogP) is 4.62. The molecule has 0 aliphatic rings. The number of fused-ring (bicyclic) bond motifs is 1. The van der Waals surface area contributed by atoms with Crippen molar-refractivity contribution in [2.75, 3.05) is 26.1 Å². The highest BCUT2D eigenvalue weighted by atomic mass is 16.5. The summed E-state index contributed by atoms with van der Waals surface area (Å²) < 4.78 is 18.4. The molecule has 0 saturated heterocycles. The number of nitrogens with one attached hydrogen (secondary N) is 1. The van der Waals surface area contributed by atoms with Crippen molar-refractivity contribution in [3.63, 3.8) is 0 Å². The van der Waals surface area contributed by atoms with Gasteiger partial charge in [-0.2, -0.15) is 5.10 Å². The lowest BCUT2D eigenvalue weighted by atomic mass is 10.1. The van der Waals surface area contributed by atoms with Crippen LogP contribution in [0.1, 0.15) is 19.5 Å². The predicted molar refractivity (Wildman–Crippen MR) is 128 cm³/mol. The Morgan fingerprint density at radius 2 is 1.76 bits per heavy atom. The Hall–Kier alpha value is -3.78. The summed E-state index contributed by atoms with van der Waals surface area (Å²) in [4.78, 5) is 4.35. The van der Waals surface area contributed by atoms with Gasteiger partial charge in [-0.1, -0.05) is 0 Å². The number of pyridine rings is 2. The molecule has 8 nitrogen and oxygen atoms in total. The van der Waals surface area contributed by atoms with E-state index in [1.807, 2.05) is 55.6 Å². The molecular weight excluding hydrogens is 420 g/mol. The minimum Gasteiger partial charge on any atom is -0.497 e. The van der Waals surface area contributed by atoms with E-state index in [-0.39, 0.29) is 6.61 Å². The second-order valence-electron chi connectivity index (χ2n) is 8.46. The second-order valence-corrected chi connectivity index (χ2v) is 8.46. The smallest absolute Gasteiger partial charge is 0.153 e. The molecule has 0 radical (unpaired) electrons. The molecule has 0 amide bonds. The van der Waals surface area contributed by atoms with Crippen LogP contribution in [0.5, 0.6) is 17.2 Å². The highest BCUT2D eigenvalue weighted by molar-refractivity contribution is 5.75. The summed E-state index contributed by atoms with van der Waals surface area (Å²) in [5.41, 5.74) is 3.52. The first-order valence-corrected chi connectivity index (χ1v) is 10.6. The van der Waals surface area contributed by atoms with Gasteiger partial charge in [0.1, 0.15) is 23.9 Å². The van der Waals surface area contributed by atoms with E-state index in [4.69, 9.17) is 14.2 Å². The summed E-state index contributed by atoms with van der Waals surface area (Å²) in [5, 5.41) is 18.0. The average molecular weight is 449 g/mol. The second kappa shape index (κ2) is 8.99. The van der Waals surface area contributed by atoms with Gasteiger partial charge in [0.05, 0.1) is 31.5 Å². The van der Waals surface area contributed by atoms with Gasteiger partial charge < -0.3 is 24.6 Å². The summed E-state index contributed by atoms with van der Waals surface area (Å²) in [5.74, 6) is 2.68. The minimum absolute atomic E-state index is 0.164. The lowest BCUT2D eigenvalue weighted by Crippen LogP contribution is -2.28. The number of methoxy groups -OCH3 is 2. The van der Waals surface area contributed by atoms with Gasteiger partial charge in [-0.3, -0.25) is 4.98 Å². The van der Waals surface area contributed by atoms with E-state index < -0.39 is 5.60 Å². The van der Waals surface area contributed by atoms with E-state index >= 15 is 0 Å². The largest absolute Gasteiger partial charge is 0.497 e. The molecule has 3 heterocycles. The fourth-order valence-electron chi connectivity index (χ4n) is 3.39. The molecule has 33 heavy (non-hydrogen) atoms. The third-order valence-electron chi connectivity index (χ3n) is 4.98. The van der Waals surface area contributed by atoms with Crippen molar-refractivity contribution in [3.05, 3.63) is 60.6 Å². The standard InChI is InChI=1S/C25H28N4O4/c1-16-8-22(23(14-26-16)33-15-25(2,3)30)17-6-7-29-19(9-17)12-24(28-29)27-18-10-20(31-4)13-21(11-18)32-5/h6-14,30H,15H2,1-5H3,(H,27,28). The Bertz CT molecular complexity index is 1260. The number of anilines is 2. The van der Waals surface area contributed by atoms with Crippen LogP contribution >= 0.6 is 0 Å². The average Bonchev–Trinajstić information content (AvgIpc) is 3.18. The van der Waals surface area contributed by atoms with E-state index in [0.29, 0.717) is 23.1 Å². The van der Waals surface area contributed by atoms with Crippen molar-refractivity contribution in [2.24, 2.45) is 0 Å². The molecule has 0 fully saturated rings. The first-order chi connectivity index (χ1) is 15.7. The van der Waals surface area contributed by atoms with E-state index in [2.05, 4.69) is 15.4 Å². The van der Waals surface area contributed by atoms with Crippen LogP contribution < -0.4 is 19.5 Å². The number of hydrogen-bond acceptors (Lipinski definition) is 7. The lowest BCUT2D eigenvalue weighted by molar-refractivity contribution is 0.0286. The van der Waals surface area contributed by atoms with Gasteiger partial charge in [-0.15, -0.1) is 0 Å². The van der Waals surface area contributed by atoms with E-state index in [1.54, 1.807) is 38.8 Å². The molecular formula is C25H28N4O4. The molecule has 2 N–H and O–H groups in total. The van der Waals surface area contributed by atoms with Crippen molar-refractivity contribution < 1.29 is 19.3 Å². The molecule has 0 bridgehead atoms. The Labute approximate surface area is 192 Å². The molecule has 0 unspecified atom stereocenters. The van der Waals surface area contributed by atoms with Gasteiger partial charge >= 0.3 is 0 Å². The van der Waals surface area contributed by atoms with Gasteiger partial charge in [-0.05, 0) is 44.5 Å². The summed E-state index contributed by atoms with van der Waals surface area (Å²) in [6, 6.07) is 13.5. The van der Waals surface area contributed by atoms with Gasteiger partial charge in [-0.25, -0.2) is 4.52 Å². The van der Waals surface area contributed by atoms with Crippen LogP contribution in [0.4, 0.5) is 11.5 Å². The van der Waals surface area contributed by atoms with Crippen LogP contribution in [0, 0.1) is 6.92 Å². The Morgan fingerprint density at radius 3 is 2.42 bits per heavy atom. The number of aryl methyl sites for hydroxylation is 1. The third-order valence-corrected chi connectivity index (χ3v) is 4.98. The molecule has 4 rings (SSSR count). The molecule has 0 saturated carbocycles. The zero-order valence-corrected chi connectivity index (χ0v) is 19.4. The summed E-state index contributed by atoms with van der Waals surface area (Å²) >= 11 is 0. The molecule has 0 aliphatic heterocycles. The Morgan fingerprint density at radius 1 is 1.03 bits per heavy atom. The molecule has 1 aromatic carbocycles. The Balaban J connectivity index is 1.65. The molecule has 4 aromatic rings. The topological polar surface area (TPSA) is 90.1 Å². The van der Waals surface area contributed by atoms with Crippen molar-refractivity contribution in [1.29, 1.82) is 0 Å². The fourth-order valence-corrected chi connectivity index (χ4v) is 3.39. The number of ether oxygens (including phenoxy) is 3. The summed E-state index contributed by atoms with van der Waals surface area (Å²) in [6.45, 7) is 5.51. The van der Waals surface area contributed by atoms with Crippen LogP contribution in [0.15, 0.2) is 54.9 Å². The normalized spacial score (nSPS) is 11.5. The quantitative estimate of drug-likeness (QED) is 0.407. The van der Waals surface area contributed by atoms with E-state index in [9.17, 15) is 5.11 Å². The van der Waals surface area contributed by atoms with Crippen LogP contribution in [-0.4, -0.2) is 46.1 Å². The molecule has 172 valence electrons. The van der Waals surface area contributed by atoms with Crippen molar-refractivity contribution in [3.8, 4) is 28.4 Å². The van der Waals surface area contributed by atoms with Crippen molar-refractivity contribution in [1.82, 2.24) is 14.6 Å². The minimum atomic E-state index is -0.944. The Kier molecular flexibility index (Phi) is 6.11. The summed E-state index contributed by atoms with van der Waals surface area (Å²) in [6.07, 6.45) is 3.59. The van der Waals surface area contributed by atoms with Crippen LogP contribution in [0.25, 0.3) is 16.6 Å². The maximum Gasteiger partial charge on any atom is 0.153 e. The fraction of sp³-hybridized carbons (Fsp3) is 0.280. The SMILES string of the molecule is COc1cc(Nc2cc3cc(-c4cc(C)ncc4OCC(C)(C)O)ccn3n2)cc(OC)c1. The zero-order chi connectivity index (χ0) is 23.6. The third kappa shape index (κ3) is 5.35. The van der Waals surface area contributed by atoms with E-state index in [1.165, 1.54) is 0 Å². The maximum absolute atomic E-state index is 10.0. The number of rotatable bonds is 8. The van der Waals surface area contributed by atoms with Crippen LogP contribution in [0.2, 0.25) is 0 Å². The summed E-state index contributed by atoms with van der Waals surface area (Å²) in [7, 11) is 3.23. The van der Waals surface area contributed by atoms with Crippen molar-refractivity contribution in [2.45, 2.75) is 26.4 Å². The van der Waals surface area contributed by atoms with Gasteiger partial charge in [0, 0.05) is 47.4 Å². The monoisotopic (exact) mass is 448 g/mol. The first-order valence-electron chi connectivity index (χ1n) is 10.6. The maximum atomic E-state index is 10.0. The highest BCUT2D eigenvalue weighted by Crippen LogP contribution is 2.32. The van der Waals surface area contributed by atoms with Gasteiger partial charge in [0.25, 0.3) is 0 Å². The molecule has 3 aromatic heterocycles. The van der Waals surface area contributed by atoms with Crippen LogP contribution in [-0.2, 0) is 0 Å². The lowest BCUT2D eigenvalue weighted by Gasteiger charge is -2.19. The number of aromatic nitrogens is 3. The van der Waals surface area contributed by atoms with E-state index in [0.717, 1.165) is 28.0 Å². The molecule has 0 aliphatic carbocycles. The molecule has 8 heteroatoms. The highest BCUT2D eigenvalue weighted by Gasteiger charge is 2.16. The molecule has 0 atom stereocenters. The van der Waals surface area contributed by atoms with Gasteiger partial charge in [0.2, 0.25) is 0 Å². The van der Waals surface area contributed by atoms with Gasteiger partial charge in [0.15, 0.2) is 5.82 Å². The zero-order valence-electron chi connectivity index (χ0n) is 19.4. The number of hydrogen-bond donors (Lipinski definition) is 2.